The molecule has 0 unspecified atom stereocenters. The molecule has 2 heterocycles. The fourth-order valence-electron chi connectivity index (χ4n) is 2.93. The largest absolute Gasteiger partial charge is 0.272 e. The van der Waals surface area contributed by atoms with Crippen LogP contribution in [0.5, 0.6) is 0 Å². The van der Waals surface area contributed by atoms with E-state index in [1.807, 2.05) is 41.0 Å². The minimum atomic E-state index is -0.492. The topological polar surface area (TPSA) is 128 Å². The summed E-state index contributed by atoms with van der Waals surface area (Å²) in [6.45, 7) is 0. The van der Waals surface area contributed by atoms with Gasteiger partial charge < -0.3 is 0 Å². The monoisotopic (exact) mass is 537 g/mol. The molecule has 2 aromatic heterocycles. The summed E-state index contributed by atoms with van der Waals surface area (Å²) < 4.78 is 2.80. The summed E-state index contributed by atoms with van der Waals surface area (Å²) in [5, 5.41) is 23.9. The van der Waals surface area contributed by atoms with Crippen LogP contribution in [0.15, 0.2) is 87.8 Å². The van der Waals surface area contributed by atoms with Crippen LogP contribution in [0, 0.1) is 10.1 Å². The molecule has 0 saturated heterocycles. The van der Waals surface area contributed by atoms with E-state index in [9.17, 15) is 14.9 Å². The second-order valence-electron chi connectivity index (χ2n) is 6.79. The Morgan fingerprint density at radius 3 is 2.65 bits per heavy atom. The van der Waals surface area contributed by atoms with Gasteiger partial charge in [0.25, 0.3) is 11.6 Å². The molecule has 12 heteroatoms. The third kappa shape index (κ3) is 5.71. The number of pyridine rings is 1. The predicted molar refractivity (Wildman–Crippen MR) is 132 cm³/mol. The first kappa shape index (κ1) is 23.3. The van der Waals surface area contributed by atoms with Gasteiger partial charge in [0, 0.05) is 45.8 Å². The lowest BCUT2D eigenvalue weighted by Crippen LogP contribution is -2.20. The van der Waals surface area contributed by atoms with Gasteiger partial charge in [-0.25, -0.2) is 5.43 Å². The van der Waals surface area contributed by atoms with Crippen LogP contribution >= 0.6 is 27.7 Å². The first-order valence-corrected chi connectivity index (χ1v) is 11.6. The summed E-state index contributed by atoms with van der Waals surface area (Å²) in [5.41, 5.74) is 4.55. The number of nitro benzene ring substituents is 1. The number of nitrogens with one attached hydrogen (secondary N) is 1. The third-order valence-corrected chi connectivity index (χ3v) is 5.93. The number of hydrogen-bond donors (Lipinski definition) is 1. The highest BCUT2D eigenvalue weighted by molar-refractivity contribution is 9.10. The minimum absolute atomic E-state index is 0.0390. The van der Waals surface area contributed by atoms with Gasteiger partial charge in [-0.3, -0.25) is 24.5 Å². The number of rotatable bonds is 8. The molecule has 170 valence electrons. The molecule has 10 nitrogen and oxygen atoms in total. The van der Waals surface area contributed by atoms with Gasteiger partial charge in [0.2, 0.25) is 0 Å². The lowest BCUT2D eigenvalue weighted by molar-refractivity contribution is -0.384. The van der Waals surface area contributed by atoms with Gasteiger partial charge in [0.15, 0.2) is 11.0 Å². The Kier molecular flexibility index (Phi) is 7.40. The van der Waals surface area contributed by atoms with Crippen molar-refractivity contribution in [2.45, 2.75) is 5.16 Å². The molecular weight excluding hydrogens is 522 g/mol. The molecule has 1 N–H and O–H groups in total. The zero-order valence-electron chi connectivity index (χ0n) is 17.4. The van der Waals surface area contributed by atoms with Gasteiger partial charge in [-0.15, -0.1) is 10.2 Å². The molecule has 0 aliphatic rings. The fourth-order valence-corrected chi connectivity index (χ4v) is 3.94. The van der Waals surface area contributed by atoms with Crippen LogP contribution in [0.2, 0.25) is 0 Å². The van der Waals surface area contributed by atoms with Gasteiger partial charge in [-0.05, 0) is 36.4 Å². The van der Waals surface area contributed by atoms with E-state index >= 15 is 0 Å². The van der Waals surface area contributed by atoms with Crippen LogP contribution in [-0.2, 0) is 4.79 Å². The molecule has 0 atom stereocenters. The number of carbonyl (C=O) groups excluding carboxylic acids is 1. The quantitative estimate of drug-likeness (QED) is 0.154. The van der Waals surface area contributed by atoms with E-state index in [0.29, 0.717) is 16.5 Å². The maximum atomic E-state index is 12.3. The molecule has 2 aromatic carbocycles. The van der Waals surface area contributed by atoms with Crippen LogP contribution in [0.1, 0.15) is 5.56 Å². The number of carbonyl (C=O) groups is 1. The average molecular weight is 538 g/mol. The Hall–Kier alpha value is -3.90. The van der Waals surface area contributed by atoms with Crippen LogP contribution in [0.25, 0.3) is 17.1 Å². The molecule has 1 amide bonds. The standard InChI is InChI=1S/C22H16BrN7O3S/c23-17-4-6-18(7-5-17)29-21(16-8-10-24-11-9-16)27-28-22(29)34-14-20(31)26-25-13-15-2-1-3-19(12-15)30(32)33/h1-13H,14H2,(H,26,31)/b25-13-. The molecular formula is C22H16BrN7O3S. The number of benzene rings is 2. The zero-order valence-corrected chi connectivity index (χ0v) is 19.8. The van der Waals surface area contributed by atoms with Gasteiger partial charge in [0.05, 0.1) is 16.9 Å². The summed E-state index contributed by atoms with van der Waals surface area (Å²) in [6.07, 6.45) is 4.70. The van der Waals surface area contributed by atoms with Crippen LogP contribution in [0.3, 0.4) is 0 Å². The van der Waals surface area contributed by atoms with Crippen molar-refractivity contribution >= 4 is 45.5 Å². The number of hydrogen-bond acceptors (Lipinski definition) is 8. The van der Waals surface area contributed by atoms with Gasteiger partial charge in [-0.2, -0.15) is 5.10 Å². The zero-order chi connectivity index (χ0) is 23.9. The Morgan fingerprint density at radius 2 is 1.91 bits per heavy atom. The summed E-state index contributed by atoms with van der Waals surface area (Å²) in [4.78, 5) is 26.7. The van der Waals surface area contributed by atoms with E-state index in [0.717, 1.165) is 15.7 Å². The summed E-state index contributed by atoms with van der Waals surface area (Å²) in [5.74, 6) is 0.302. The van der Waals surface area contributed by atoms with Crippen LogP contribution in [-0.4, -0.2) is 42.5 Å². The van der Waals surface area contributed by atoms with Crippen molar-refractivity contribution in [3.05, 3.63) is 93.2 Å². The van der Waals surface area contributed by atoms with Gasteiger partial charge in [-0.1, -0.05) is 39.8 Å². The maximum absolute atomic E-state index is 12.3. The first-order chi connectivity index (χ1) is 16.5. The highest BCUT2D eigenvalue weighted by Crippen LogP contribution is 2.28. The molecule has 4 rings (SSSR count). The second kappa shape index (κ2) is 10.8. The molecule has 0 aliphatic carbocycles. The highest BCUT2D eigenvalue weighted by atomic mass is 79.9. The normalized spacial score (nSPS) is 11.0. The van der Waals surface area contributed by atoms with Crippen molar-refractivity contribution in [3.63, 3.8) is 0 Å². The van der Waals surface area contributed by atoms with E-state index in [1.54, 1.807) is 24.5 Å². The summed E-state index contributed by atoms with van der Waals surface area (Å²) in [6, 6.07) is 17.3. The maximum Gasteiger partial charge on any atom is 0.270 e. The van der Waals surface area contributed by atoms with Gasteiger partial charge in [0.1, 0.15) is 0 Å². The Bertz CT molecular complexity index is 1340. The minimum Gasteiger partial charge on any atom is -0.272 e. The van der Waals surface area contributed by atoms with E-state index in [2.05, 4.69) is 41.6 Å². The van der Waals surface area contributed by atoms with Crippen molar-refractivity contribution in [2.24, 2.45) is 5.10 Å². The molecule has 0 aliphatic heterocycles. The number of nitro groups is 1. The van der Waals surface area contributed by atoms with Gasteiger partial charge >= 0.3 is 0 Å². The van der Waals surface area contributed by atoms with Crippen LogP contribution in [0.4, 0.5) is 5.69 Å². The molecule has 0 bridgehead atoms. The Morgan fingerprint density at radius 1 is 1.15 bits per heavy atom. The number of thioether (sulfide) groups is 1. The van der Waals surface area contributed by atoms with Crippen molar-refractivity contribution in [1.29, 1.82) is 0 Å². The molecule has 0 fully saturated rings. The lowest BCUT2D eigenvalue weighted by atomic mass is 10.2. The number of aromatic nitrogens is 4. The number of nitrogens with zero attached hydrogens (tertiary/aromatic N) is 6. The fraction of sp³-hybridized carbons (Fsp3) is 0.0455. The molecule has 34 heavy (non-hydrogen) atoms. The molecule has 0 radical (unpaired) electrons. The summed E-state index contributed by atoms with van der Waals surface area (Å²) in [7, 11) is 0. The molecule has 4 aromatic rings. The summed E-state index contributed by atoms with van der Waals surface area (Å²) >= 11 is 4.65. The number of halogens is 1. The van der Waals surface area contributed by atoms with E-state index in [4.69, 9.17) is 0 Å². The number of amides is 1. The third-order valence-electron chi connectivity index (χ3n) is 4.47. The SMILES string of the molecule is O=C(CSc1nnc(-c2ccncc2)n1-c1ccc(Br)cc1)N/N=C\c1cccc([N+](=O)[O-])c1. The lowest BCUT2D eigenvalue weighted by Gasteiger charge is -2.10. The van der Waals surface area contributed by atoms with Crippen LogP contribution < -0.4 is 5.43 Å². The Balaban J connectivity index is 1.48. The number of hydrazone groups is 1. The van der Waals surface area contributed by atoms with E-state index < -0.39 is 4.92 Å². The van der Waals surface area contributed by atoms with Crippen molar-refractivity contribution in [3.8, 4) is 17.1 Å². The average Bonchev–Trinajstić information content (AvgIpc) is 3.28. The second-order valence-corrected chi connectivity index (χ2v) is 8.65. The smallest absolute Gasteiger partial charge is 0.270 e. The van der Waals surface area contributed by atoms with E-state index in [-0.39, 0.29) is 17.3 Å². The highest BCUT2D eigenvalue weighted by Gasteiger charge is 2.17. The van der Waals surface area contributed by atoms with Crippen molar-refractivity contribution in [1.82, 2.24) is 25.2 Å². The molecule has 0 spiro atoms. The Labute approximate surface area is 206 Å². The van der Waals surface area contributed by atoms with Crippen molar-refractivity contribution in [2.75, 3.05) is 5.75 Å². The van der Waals surface area contributed by atoms with Crippen molar-refractivity contribution < 1.29 is 9.72 Å². The first-order valence-electron chi connectivity index (χ1n) is 9.82. The number of non-ortho nitro benzene ring substituents is 1. The molecule has 0 saturated carbocycles. The van der Waals surface area contributed by atoms with E-state index in [1.165, 1.54) is 30.1 Å². The predicted octanol–water partition coefficient (Wildman–Crippen LogP) is 4.24.